The SMILES string of the molecule is CCOc1cc(C=Nc2ccc(C)cc2)cc(I)c1OCc1ccccc1. The largest absolute Gasteiger partial charge is 0.490 e. The second-order valence-corrected chi connectivity index (χ2v) is 7.29. The first-order valence-corrected chi connectivity index (χ1v) is 9.97. The van der Waals surface area contributed by atoms with Crippen molar-refractivity contribution in [1.82, 2.24) is 0 Å². The zero-order valence-electron chi connectivity index (χ0n) is 15.5. The number of halogens is 1. The minimum Gasteiger partial charge on any atom is -0.490 e. The second-order valence-electron chi connectivity index (χ2n) is 6.13. The van der Waals surface area contributed by atoms with Crippen LogP contribution in [0.2, 0.25) is 0 Å². The standard InChI is InChI=1S/C23H22INO2/c1-3-26-22-14-19(15-25-20-11-9-17(2)10-12-20)13-21(24)23(22)27-16-18-7-5-4-6-8-18/h4-15H,3,16H2,1-2H3. The predicted molar refractivity (Wildman–Crippen MR) is 120 cm³/mol. The minimum atomic E-state index is 0.508. The summed E-state index contributed by atoms with van der Waals surface area (Å²) >= 11 is 2.29. The highest BCUT2D eigenvalue weighted by Crippen LogP contribution is 2.34. The molecule has 0 bridgehead atoms. The fourth-order valence-corrected chi connectivity index (χ4v) is 3.36. The van der Waals surface area contributed by atoms with Crippen LogP contribution in [0.1, 0.15) is 23.6 Å². The first-order valence-electron chi connectivity index (χ1n) is 8.89. The fourth-order valence-electron chi connectivity index (χ4n) is 2.58. The van der Waals surface area contributed by atoms with Gasteiger partial charge in [0.25, 0.3) is 0 Å². The third-order valence-electron chi connectivity index (χ3n) is 3.95. The maximum Gasteiger partial charge on any atom is 0.175 e. The van der Waals surface area contributed by atoms with E-state index in [-0.39, 0.29) is 0 Å². The van der Waals surface area contributed by atoms with E-state index < -0.39 is 0 Å². The molecule has 0 unspecified atom stereocenters. The Balaban J connectivity index is 1.81. The molecular formula is C23H22INO2. The van der Waals surface area contributed by atoms with Crippen molar-refractivity contribution in [2.24, 2.45) is 4.99 Å². The van der Waals surface area contributed by atoms with E-state index in [4.69, 9.17) is 9.47 Å². The van der Waals surface area contributed by atoms with Crippen LogP contribution >= 0.6 is 22.6 Å². The summed E-state index contributed by atoms with van der Waals surface area (Å²) in [5.41, 5.74) is 4.26. The maximum absolute atomic E-state index is 6.06. The van der Waals surface area contributed by atoms with Gasteiger partial charge < -0.3 is 9.47 Å². The van der Waals surface area contributed by atoms with Gasteiger partial charge in [0.05, 0.1) is 15.9 Å². The monoisotopic (exact) mass is 471 g/mol. The number of aryl methyl sites for hydroxylation is 1. The molecule has 0 atom stereocenters. The average Bonchev–Trinajstić information content (AvgIpc) is 2.68. The number of rotatable bonds is 7. The summed E-state index contributed by atoms with van der Waals surface area (Å²) in [5.74, 6) is 1.51. The molecular weight excluding hydrogens is 449 g/mol. The maximum atomic E-state index is 6.06. The fraction of sp³-hybridized carbons (Fsp3) is 0.174. The molecule has 0 amide bonds. The molecule has 0 radical (unpaired) electrons. The molecule has 3 aromatic carbocycles. The number of benzene rings is 3. The molecule has 0 aliphatic carbocycles. The van der Waals surface area contributed by atoms with E-state index in [2.05, 4.69) is 64.8 Å². The van der Waals surface area contributed by atoms with Crippen LogP contribution in [-0.4, -0.2) is 12.8 Å². The zero-order chi connectivity index (χ0) is 19.1. The Morgan fingerprint density at radius 3 is 2.41 bits per heavy atom. The molecule has 0 fully saturated rings. The van der Waals surface area contributed by atoms with Gasteiger partial charge in [-0.1, -0.05) is 48.0 Å². The van der Waals surface area contributed by atoms with Crippen LogP contribution in [0.5, 0.6) is 11.5 Å². The Morgan fingerprint density at radius 1 is 0.963 bits per heavy atom. The number of ether oxygens (including phenoxy) is 2. The molecule has 0 aliphatic rings. The van der Waals surface area contributed by atoms with Gasteiger partial charge in [0.2, 0.25) is 0 Å². The van der Waals surface area contributed by atoms with Gasteiger partial charge >= 0.3 is 0 Å². The van der Waals surface area contributed by atoms with Gasteiger partial charge in [0, 0.05) is 6.21 Å². The molecule has 0 heterocycles. The Morgan fingerprint density at radius 2 is 1.70 bits per heavy atom. The van der Waals surface area contributed by atoms with Crippen LogP contribution in [0.15, 0.2) is 71.7 Å². The topological polar surface area (TPSA) is 30.8 Å². The number of aliphatic imine (C=N–C) groups is 1. The number of hydrogen-bond donors (Lipinski definition) is 0. The highest BCUT2D eigenvalue weighted by Gasteiger charge is 2.12. The molecule has 4 heteroatoms. The molecule has 3 aromatic rings. The van der Waals surface area contributed by atoms with Gasteiger partial charge in [-0.15, -0.1) is 0 Å². The van der Waals surface area contributed by atoms with Crippen molar-refractivity contribution in [2.75, 3.05) is 6.61 Å². The van der Waals surface area contributed by atoms with Gasteiger partial charge in [-0.3, -0.25) is 4.99 Å². The van der Waals surface area contributed by atoms with Crippen LogP contribution in [0.3, 0.4) is 0 Å². The summed E-state index contributed by atoms with van der Waals surface area (Å²) < 4.78 is 12.9. The molecule has 0 saturated carbocycles. The molecule has 0 aliphatic heterocycles. The third-order valence-corrected chi connectivity index (χ3v) is 4.76. The molecule has 0 spiro atoms. The Labute approximate surface area is 174 Å². The Hall–Kier alpha value is -2.34. The van der Waals surface area contributed by atoms with Crippen molar-refractivity contribution in [3.05, 3.63) is 87.0 Å². The normalized spacial score (nSPS) is 10.9. The smallest absolute Gasteiger partial charge is 0.175 e. The first-order chi connectivity index (χ1) is 13.2. The van der Waals surface area contributed by atoms with Crippen molar-refractivity contribution in [3.8, 4) is 11.5 Å². The van der Waals surface area contributed by atoms with Crippen molar-refractivity contribution in [2.45, 2.75) is 20.5 Å². The lowest BCUT2D eigenvalue weighted by Crippen LogP contribution is -2.02. The summed E-state index contributed by atoms with van der Waals surface area (Å²) in [6.45, 7) is 5.13. The van der Waals surface area contributed by atoms with E-state index in [1.807, 2.05) is 49.5 Å². The minimum absolute atomic E-state index is 0.508. The predicted octanol–water partition coefficient (Wildman–Crippen LogP) is 6.33. The van der Waals surface area contributed by atoms with Crippen LogP contribution in [0, 0.1) is 10.5 Å². The van der Waals surface area contributed by atoms with E-state index in [0.29, 0.717) is 13.2 Å². The summed E-state index contributed by atoms with van der Waals surface area (Å²) in [6, 6.07) is 22.3. The van der Waals surface area contributed by atoms with Crippen LogP contribution in [-0.2, 0) is 6.61 Å². The number of hydrogen-bond acceptors (Lipinski definition) is 3. The molecule has 0 N–H and O–H groups in total. The van der Waals surface area contributed by atoms with E-state index in [9.17, 15) is 0 Å². The van der Waals surface area contributed by atoms with Crippen molar-refractivity contribution in [3.63, 3.8) is 0 Å². The molecule has 138 valence electrons. The summed E-state index contributed by atoms with van der Waals surface area (Å²) in [6.07, 6.45) is 1.86. The highest BCUT2D eigenvalue weighted by atomic mass is 127. The first kappa shape index (κ1) is 19.4. The average molecular weight is 471 g/mol. The third kappa shape index (κ3) is 5.57. The lowest BCUT2D eigenvalue weighted by atomic mass is 10.2. The zero-order valence-corrected chi connectivity index (χ0v) is 17.6. The van der Waals surface area contributed by atoms with Gasteiger partial charge in [0.15, 0.2) is 11.5 Å². The van der Waals surface area contributed by atoms with Gasteiger partial charge in [-0.25, -0.2) is 0 Å². The molecule has 3 nitrogen and oxygen atoms in total. The van der Waals surface area contributed by atoms with E-state index in [1.54, 1.807) is 0 Å². The van der Waals surface area contributed by atoms with Crippen LogP contribution in [0.4, 0.5) is 5.69 Å². The van der Waals surface area contributed by atoms with Crippen molar-refractivity contribution < 1.29 is 9.47 Å². The molecule has 0 saturated heterocycles. The molecule has 0 aromatic heterocycles. The molecule has 3 rings (SSSR count). The van der Waals surface area contributed by atoms with Crippen molar-refractivity contribution >= 4 is 34.5 Å². The molecule has 27 heavy (non-hydrogen) atoms. The summed E-state index contributed by atoms with van der Waals surface area (Å²) in [4.78, 5) is 4.56. The van der Waals surface area contributed by atoms with Crippen LogP contribution < -0.4 is 9.47 Å². The van der Waals surface area contributed by atoms with E-state index >= 15 is 0 Å². The van der Waals surface area contributed by atoms with E-state index in [1.165, 1.54) is 5.56 Å². The highest BCUT2D eigenvalue weighted by molar-refractivity contribution is 14.1. The number of nitrogens with zero attached hydrogens (tertiary/aromatic N) is 1. The lowest BCUT2D eigenvalue weighted by Gasteiger charge is -2.14. The van der Waals surface area contributed by atoms with E-state index in [0.717, 1.165) is 31.9 Å². The van der Waals surface area contributed by atoms with Gasteiger partial charge in [0.1, 0.15) is 6.61 Å². The Bertz CT molecular complexity index is 906. The lowest BCUT2D eigenvalue weighted by molar-refractivity contribution is 0.267. The quantitative estimate of drug-likeness (QED) is 0.298. The summed E-state index contributed by atoms with van der Waals surface area (Å²) in [7, 11) is 0. The Kier molecular flexibility index (Phi) is 6.87. The van der Waals surface area contributed by atoms with Gasteiger partial charge in [-0.2, -0.15) is 0 Å². The van der Waals surface area contributed by atoms with Gasteiger partial charge in [-0.05, 0) is 71.8 Å². The van der Waals surface area contributed by atoms with Crippen molar-refractivity contribution in [1.29, 1.82) is 0 Å². The summed E-state index contributed by atoms with van der Waals surface area (Å²) in [5, 5.41) is 0. The second kappa shape index (κ2) is 9.55. The van der Waals surface area contributed by atoms with Crippen LogP contribution in [0.25, 0.3) is 0 Å².